The van der Waals surface area contributed by atoms with E-state index in [9.17, 15) is 14.0 Å². The zero-order chi connectivity index (χ0) is 17.2. The van der Waals surface area contributed by atoms with Crippen molar-refractivity contribution in [3.05, 3.63) is 71.0 Å². The molecule has 2 aromatic carbocycles. The lowest BCUT2D eigenvalue weighted by atomic mass is 9.94. The predicted octanol–water partition coefficient (Wildman–Crippen LogP) is 2.91. The molecule has 1 aliphatic rings. The number of halogens is 1. The highest BCUT2D eigenvalue weighted by Crippen LogP contribution is 2.49. The van der Waals surface area contributed by atoms with Crippen LogP contribution in [0.25, 0.3) is 0 Å². The Balaban J connectivity index is 1.58. The maximum atomic E-state index is 13.9. The average Bonchev–Trinajstić information content (AvgIpc) is 3.37. The Bertz CT molecular complexity index is 766. The molecule has 1 fully saturated rings. The van der Waals surface area contributed by atoms with E-state index in [0.717, 1.165) is 5.56 Å². The normalized spacial score (nSPS) is 14.9. The molecule has 0 bridgehead atoms. The molecular weight excluding hydrogens is 309 g/mol. The lowest BCUT2D eigenvalue weighted by Gasteiger charge is -2.16. The highest BCUT2D eigenvalue weighted by atomic mass is 19.1. The Labute approximate surface area is 139 Å². The molecule has 0 heterocycles. The van der Waals surface area contributed by atoms with Crippen LogP contribution in [-0.4, -0.2) is 23.5 Å². The zero-order valence-electron chi connectivity index (χ0n) is 13.1. The summed E-state index contributed by atoms with van der Waals surface area (Å²) in [5, 5.41) is 11.7. The molecule has 5 heteroatoms. The molecule has 124 valence electrons. The van der Waals surface area contributed by atoms with Crippen molar-refractivity contribution in [2.75, 3.05) is 6.54 Å². The number of carboxylic acids is 1. The van der Waals surface area contributed by atoms with Gasteiger partial charge in [0, 0.05) is 12.1 Å². The lowest BCUT2D eigenvalue weighted by Crippen LogP contribution is -2.36. The molecule has 4 nitrogen and oxygen atoms in total. The maximum Gasteiger partial charge on any atom is 0.335 e. The second-order valence-electron chi connectivity index (χ2n) is 6.07. The third-order valence-electron chi connectivity index (χ3n) is 4.47. The standard InChI is InChI=1S/C19H18FNO3/c20-16-4-2-1-3-15(16)19(10-11-19)18(24)21-12-9-13-5-7-14(8-6-13)17(22)23/h1-8H,9-12H2,(H,21,24)(H,22,23). The van der Waals surface area contributed by atoms with Crippen molar-refractivity contribution in [3.8, 4) is 0 Å². The van der Waals surface area contributed by atoms with E-state index in [1.165, 1.54) is 6.07 Å². The van der Waals surface area contributed by atoms with Gasteiger partial charge >= 0.3 is 5.97 Å². The summed E-state index contributed by atoms with van der Waals surface area (Å²) in [5.41, 5.74) is 0.919. The molecule has 0 aliphatic heterocycles. The quantitative estimate of drug-likeness (QED) is 0.857. The van der Waals surface area contributed by atoms with E-state index in [1.807, 2.05) is 0 Å². The molecule has 0 saturated heterocycles. The van der Waals surface area contributed by atoms with Gasteiger partial charge in [0.1, 0.15) is 5.82 Å². The number of carboxylic acid groups (broad SMARTS) is 1. The van der Waals surface area contributed by atoms with Gasteiger partial charge < -0.3 is 10.4 Å². The molecular formula is C19H18FNO3. The number of carbonyl (C=O) groups excluding carboxylic acids is 1. The van der Waals surface area contributed by atoms with Crippen LogP contribution >= 0.6 is 0 Å². The number of hydrogen-bond donors (Lipinski definition) is 2. The van der Waals surface area contributed by atoms with Crippen molar-refractivity contribution < 1.29 is 19.1 Å². The smallest absolute Gasteiger partial charge is 0.335 e. The van der Waals surface area contributed by atoms with Gasteiger partial charge in [0.15, 0.2) is 0 Å². The number of carbonyl (C=O) groups is 2. The molecule has 2 aromatic rings. The van der Waals surface area contributed by atoms with Crippen molar-refractivity contribution in [2.45, 2.75) is 24.7 Å². The van der Waals surface area contributed by atoms with Gasteiger partial charge in [-0.15, -0.1) is 0 Å². The van der Waals surface area contributed by atoms with E-state index in [4.69, 9.17) is 5.11 Å². The predicted molar refractivity (Wildman–Crippen MR) is 87.4 cm³/mol. The first-order valence-electron chi connectivity index (χ1n) is 7.88. The summed E-state index contributed by atoms with van der Waals surface area (Å²) in [5.74, 6) is -1.44. The van der Waals surface area contributed by atoms with E-state index in [2.05, 4.69) is 5.32 Å². The van der Waals surface area contributed by atoms with Crippen LogP contribution in [0.15, 0.2) is 48.5 Å². The van der Waals surface area contributed by atoms with E-state index >= 15 is 0 Å². The monoisotopic (exact) mass is 327 g/mol. The lowest BCUT2D eigenvalue weighted by molar-refractivity contribution is -0.123. The Hall–Kier alpha value is -2.69. The highest BCUT2D eigenvalue weighted by molar-refractivity contribution is 5.91. The molecule has 0 atom stereocenters. The molecule has 1 aliphatic carbocycles. The van der Waals surface area contributed by atoms with Crippen molar-refractivity contribution in [1.29, 1.82) is 0 Å². The average molecular weight is 327 g/mol. The fourth-order valence-electron chi connectivity index (χ4n) is 2.90. The molecule has 24 heavy (non-hydrogen) atoms. The van der Waals surface area contributed by atoms with E-state index in [1.54, 1.807) is 42.5 Å². The summed E-state index contributed by atoms with van der Waals surface area (Å²) in [4.78, 5) is 23.3. The van der Waals surface area contributed by atoms with Gasteiger partial charge in [-0.1, -0.05) is 30.3 Å². The second kappa shape index (κ2) is 6.43. The molecule has 0 radical (unpaired) electrons. The Morgan fingerprint density at radius 1 is 1.08 bits per heavy atom. The van der Waals surface area contributed by atoms with Gasteiger partial charge in [-0.2, -0.15) is 0 Å². The Kier molecular flexibility index (Phi) is 4.34. The first-order valence-corrected chi connectivity index (χ1v) is 7.88. The number of hydrogen-bond acceptors (Lipinski definition) is 2. The minimum atomic E-state index is -0.963. The van der Waals surface area contributed by atoms with Crippen molar-refractivity contribution >= 4 is 11.9 Å². The Morgan fingerprint density at radius 2 is 1.75 bits per heavy atom. The van der Waals surface area contributed by atoms with Gasteiger partial charge in [0.05, 0.1) is 11.0 Å². The maximum absolute atomic E-state index is 13.9. The number of rotatable bonds is 6. The number of benzene rings is 2. The summed E-state index contributed by atoms with van der Waals surface area (Å²) in [6.45, 7) is 0.432. The van der Waals surface area contributed by atoms with Gasteiger partial charge in [-0.25, -0.2) is 9.18 Å². The molecule has 0 aromatic heterocycles. The molecule has 1 amide bonds. The van der Waals surface area contributed by atoms with Crippen LogP contribution in [0.3, 0.4) is 0 Å². The molecule has 1 saturated carbocycles. The van der Waals surface area contributed by atoms with Gasteiger partial charge in [0.2, 0.25) is 5.91 Å². The fourth-order valence-corrected chi connectivity index (χ4v) is 2.90. The van der Waals surface area contributed by atoms with Crippen molar-refractivity contribution in [3.63, 3.8) is 0 Å². The van der Waals surface area contributed by atoms with E-state index < -0.39 is 11.4 Å². The summed E-state index contributed by atoms with van der Waals surface area (Å²) >= 11 is 0. The van der Waals surface area contributed by atoms with E-state index in [0.29, 0.717) is 31.4 Å². The molecule has 2 N–H and O–H groups in total. The number of aromatic carboxylic acids is 1. The summed E-state index contributed by atoms with van der Waals surface area (Å²) in [6.07, 6.45) is 1.92. The van der Waals surface area contributed by atoms with Gasteiger partial charge in [-0.3, -0.25) is 4.79 Å². The number of nitrogens with one attached hydrogen (secondary N) is 1. The largest absolute Gasteiger partial charge is 0.478 e. The summed E-state index contributed by atoms with van der Waals surface area (Å²) in [6, 6.07) is 13.0. The van der Waals surface area contributed by atoms with Crippen LogP contribution in [0.1, 0.15) is 34.3 Å². The third kappa shape index (κ3) is 3.15. The second-order valence-corrected chi connectivity index (χ2v) is 6.07. The SMILES string of the molecule is O=C(O)c1ccc(CCNC(=O)C2(c3ccccc3F)CC2)cc1. The third-order valence-corrected chi connectivity index (χ3v) is 4.47. The molecule has 0 unspecified atom stereocenters. The zero-order valence-corrected chi connectivity index (χ0v) is 13.1. The summed E-state index contributed by atoms with van der Waals surface area (Å²) < 4.78 is 13.9. The minimum absolute atomic E-state index is 0.144. The minimum Gasteiger partial charge on any atom is -0.478 e. The van der Waals surface area contributed by atoms with Crippen molar-refractivity contribution in [1.82, 2.24) is 5.32 Å². The van der Waals surface area contributed by atoms with Crippen molar-refractivity contribution in [2.24, 2.45) is 0 Å². The van der Waals surface area contributed by atoms with Gasteiger partial charge in [0.25, 0.3) is 0 Å². The topological polar surface area (TPSA) is 66.4 Å². The van der Waals surface area contributed by atoms with Crippen LogP contribution in [0.5, 0.6) is 0 Å². The van der Waals surface area contributed by atoms with Crippen LogP contribution in [0.4, 0.5) is 4.39 Å². The first-order chi connectivity index (χ1) is 11.5. The Morgan fingerprint density at radius 3 is 2.33 bits per heavy atom. The summed E-state index contributed by atoms with van der Waals surface area (Å²) in [7, 11) is 0. The van der Waals surface area contributed by atoms with Crippen LogP contribution in [0.2, 0.25) is 0 Å². The van der Waals surface area contributed by atoms with E-state index in [-0.39, 0.29) is 17.3 Å². The van der Waals surface area contributed by atoms with Gasteiger partial charge in [-0.05, 0) is 43.0 Å². The first kappa shape index (κ1) is 16.2. The fraction of sp³-hybridized carbons (Fsp3) is 0.263. The number of amides is 1. The van der Waals surface area contributed by atoms with Crippen LogP contribution < -0.4 is 5.32 Å². The molecule has 3 rings (SSSR count). The van der Waals surface area contributed by atoms with Crippen LogP contribution in [-0.2, 0) is 16.6 Å². The molecule has 0 spiro atoms. The highest BCUT2D eigenvalue weighted by Gasteiger charge is 2.52. The van der Waals surface area contributed by atoms with Crippen LogP contribution in [0, 0.1) is 5.82 Å².